The number of hydrogen-bond donors (Lipinski definition) is 1. The first-order chi connectivity index (χ1) is 8.17. The van der Waals surface area contributed by atoms with Gasteiger partial charge >= 0.3 is 5.97 Å². The van der Waals surface area contributed by atoms with Gasteiger partial charge in [-0.3, -0.25) is 0 Å². The summed E-state index contributed by atoms with van der Waals surface area (Å²) in [6, 6.07) is 6.40. The van der Waals surface area contributed by atoms with E-state index in [9.17, 15) is 9.90 Å². The highest BCUT2D eigenvalue weighted by Gasteiger charge is 2.00. The second-order valence-electron chi connectivity index (χ2n) is 3.39. The fourth-order valence-corrected chi connectivity index (χ4v) is 1.16. The van der Waals surface area contributed by atoms with Crippen molar-refractivity contribution in [3.63, 3.8) is 0 Å². The maximum absolute atomic E-state index is 11.2. The molecule has 1 aromatic rings. The van der Waals surface area contributed by atoms with E-state index >= 15 is 0 Å². The number of esters is 1. The van der Waals surface area contributed by atoms with Crippen LogP contribution in [0.3, 0.4) is 0 Å². The number of aromatic hydroxyl groups is 1. The summed E-state index contributed by atoms with van der Waals surface area (Å²) in [5, 5.41) is 18.0. The minimum absolute atomic E-state index is 0.100. The van der Waals surface area contributed by atoms with Gasteiger partial charge in [0.05, 0.1) is 12.2 Å². The minimum Gasteiger partial charge on any atom is -0.507 e. The standard InChI is InChI=1S/C13H13NO3/c1-2-7-17-13(16)6-4-10-3-5-11(9-14)12(15)8-10/h3-6,8,15H,2,7H2,1H3/b6-4+. The molecule has 0 aromatic heterocycles. The number of carbonyl (C=O) groups is 1. The summed E-state index contributed by atoms with van der Waals surface area (Å²) in [4.78, 5) is 11.2. The Bertz CT molecular complexity index is 472. The Morgan fingerprint density at radius 2 is 2.35 bits per heavy atom. The van der Waals surface area contributed by atoms with Crippen LogP contribution >= 0.6 is 0 Å². The molecule has 0 saturated carbocycles. The summed E-state index contributed by atoms with van der Waals surface area (Å²) in [6.07, 6.45) is 3.59. The molecule has 0 amide bonds. The van der Waals surface area contributed by atoms with Gasteiger partial charge in [0.2, 0.25) is 0 Å². The van der Waals surface area contributed by atoms with Crippen molar-refractivity contribution in [2.24, 2.45) is 0 Å². The van der Waals surface area contributed by atoms with Crippen LogP contribution in [0.2, 0.25) is 0 Å². The minimum atomic E-state index is -0.421. The van der Waals surface area contributed by atoms with Gasteiger partial charge in [-0.05, 0) is 30.2 Å². The second-order valence-corrected chi connectivity index (χ2v) is 3.39. The number of phenolic OH excluding ortho intramolecular Hbond substituents is 1. The Balaban J connectivity index is 2.69. The fraction of sp³-hybridized carbons (Fsp3) is 0.231. The zero-order valence-electron chi connectivity index (χ0n) is 9.51. The molecular formula is C13H13NO3. The van der Waals surface area contributed by atoms with Crippen LogP contribution in [0.4, 0.5) is 0 Å². The van der Waals surface area contributed by atoms with Crippen LogP contribution in [-0.2, 0) is 9.53 Å². The van der Waals surface area contributed by atoms with E-state index in [1.54, 1.807) is 6.07 Å². The molecule has 0 aliphatic heterocycles. The molecule has 4 nitrogen and oxygen atoms in total. The van der Waals surface area contributed by atoms with Crippen LogP contribution in [0.15, 0.2) is 24.3 Å². The summed E-state index contributed by atoms with van der Waals surface area (Å²) in [5.41, 5.74) is 0.839. The van der Waals surface area contributed by atoms with Crippen LogP contribution < -0.4 is 0 Å². The van der Waals surface area contributed by atoms with E-state index < -0.39 is 5.97 Å². The quantitative estimate of drug-likeness (QED) is 0.637. The van der Waals surface area contributed by atoms with Gasteiger partial charge in [0, 0.05) is 6.08 Å². The largest absolute Gasteiger partial charge is 0.507 e. The van der Waals surface area contributed by atoms with E-state index in [1.165, 1.54) is 24.3 Å². The molecule has 0 aliphatic carbocycles. The molecule has 0 bridgehead atoms. The maximum Gasteiger partial charge on any atom is 0.330 e. The number of carbonyl (C=O) groups excluding carboxylic acids is 1. The zero-order valence-corrected chi connectivity index (χ0v) is 9.51. The molecule has 0 unspecified atom stereocenters. The molecule has 4 heteroatoms. The van der Waals surface area contributed by atoms with Crippen LogP contribution in [0.25, 0.3) is 6.08 Å². The topological polar surface area (TPSA) is 70.3 Å². The van der Waals surface area contributed by atoms with Gasteiger partial charge in [-0.1, -0.05) is 13.0 Å². The molecule has 1 N–H and O–H groups in total. The summed E-state index contributed by atoms with van der Waals surface area (Å²) < 4.78 is 4.85. The van der Waals surface area contributed by atoms with Crippen LogP contribution in [-0.4, -0.2) is 17.7 Å². The molecule has 0 atom stereocenters. The lowest BCUT2D eigenvalue weighted by molar-refractivity contribution is -0.137. The summed E-state index contributed by atoms with van der Waals surface area (Å²) in [7, 11) is 0. The van der Waals surface area contributed by atoms with Gasteiger partial charge in [-0.25, -0.2) is 4.79 Å². The molecule has 0 saturated heterocycles. The molecule has 0 spiro atoms. The van der Waals surface area contributed by atoms with Crippen molar-refractivity contribution in [3.05, 3.63) is 35.4 Å². The predicted octanol–water partition coefficient (Wildman–Crippen LogP) is 2.23. The van der Waals surface area contributed by atoms with E-state index in [4.69, 9.17) is 10.00 Å². The molecule has 0 heterocycles. The van der Waals surface area contributed by atoms with Crippen molar-refractivity contribution < 1.29 is 14.6 Å². The average molecular weight is 231 g/mol. The summed E-state index contributed by atoms with van der Waals surface area (Å²) >= 11 is 0. The van der Waals surface area contributed by atoms with E-state index in [1.807, 2.05) is 13.0 Å². The van der Waals surface area contributed by atoms with Crippen molar-refractivity contribution in [1.82, 2.24) is 0 Å². The average Bonchev–Trinajstić information content (AvgIpc) is 2.34. The highest BCUT2D eigenvalue weighted by atomic mass is 16.5. The first-order valence-electron chi connectivity index (χ1n) is 5.25. The lowest BCUT2D eigenvalue weighted by atomic mass is 10.1. The lowest BCUT2D eigenvalue weighted by Crippen LogP contribution is -2.00. The molecule has 0 radical (unpaired) electrons. The lowest BCUT2D eigenvalue weighted by Gasteiger charge is -1.99. The number of nitriles is 1. The maximum atomic E-state index is 11.2. The van der Waals surface area contributed by atoms with Crippen LogP contribution in [0.5, 0.6) is 5.75 Å². The Morgan fingerprint density at radius 1 is 1.59 bits per heavy atom. The second kappa shape index (κ2) is 6.33. The molecule has 0 fully saturated rings. The molecule has 1 rings (SSSR count). The van der Waals surface area contributed by atoms with Gasteiger partial charge in [-0.2, -0.15) is 5.26 Å². The van der Waals surface area contributed by atoms with Crippen LogP contribution in [0, 0.1) is 11.3 Å². The third-order valence-electron chi connectivity index (χ3n) is 2.00. The van der Waals surface area contributed by atoms with Gasteiger partial charge in [-0.15, -0.1) is 0 Å². The van der Waals surface area contributed by atoms with Gasteiger partial charge in [0.1, 0.15) is 11.8 Å². The van der Waals surface area contributed by atoms with Crippen molar-refractivity contribution in [3.8, 4) is 11.8 Å². The molecular weight excluding hydrogens is 218 g/mol. The van der Waals surface area contributed by atoms with E-state index in [-0.39, 0.29) is 11.3 Å². The monoisotopic (exact) mass is 231 g/mol. The fourth-order valence-electron chi connectivity index (χ4n) is 1.16. The molecule has 17 heavy (non-hydrogen) atoms. The Morgan fingerprint density at radius 3 is 2.94 bits per heavy atom. The Kier molecular flexibility index (Phi) is 4.77. The normalized spacial score (nSPS) is 10.1. The smallest absolute Gasteiger partial charge is 0.330 e. The number of benzene rings is 1. The zero-order chi connectivity index (χ0) is 12.7. The highest BCUT2D eigenvalue weighted by Crippen LogP contribution is 2.18. The number of phenols is 1. The number of ether oxygens (including phenoxy) is 1. The van der Waals surface area contributed by atoms with E-state index in [0.29, 0.717) is 12.2 Å². The van der Waals surface area contributed by atoms with Gasteiger partial charge in [0.15, 0.2) is 0 Å². The van der Waals surface area contributed by atoms with E-state index in [0.717, 1.165) is 6.42 Å². The number of hydrogen-bond acceptors (Lipinski definition) is 4. The highest BCUT2D eigenvalue weighted by molar-refractivity contribution is 5.87. The third-order valence-corrected chi connectivity index (χ3v) is 2.00. The molecule has 88 valence electrons. The summed E-state index contributed by atoms with van der Waals surface area (Å²) in [5.74, 6) is -0.521. The number of rotatable bonds is 4. The van der Waals surface area contributed by atoms with Gasteiger partial charge < -0.3 is 9.84 Å². The van der Waals surface area contributed by atoms with Gasteiger partial charge in [0.25, 0.3) is 0 Å². The third kappa shape index (κ3) is 3.99. The van der Waals surface area contributed by atoms with Crippen molar-refractivity contribution in [1.29, 1.82) is 5.26 Å². The Labute approximate surface area is 99.8 Å². The first-order valence-corrected chi connectivity index (χ1v) is 5.25. The summed E-state index contributed by atoms with van der Waals surface area (Å²) in [6.45, 7) is 2.30. The van der Waals surface area contributed by atoms with E-state index in [2.05, 4.69) is 0 Å². The molecule has 0 aliphatic rings. The predicted molar refractivity (Wildman–Crippen MR) is 63.1 cm³/mol. The molecule has 1 aromatic carbocycles. The van der Waals surface area contributed by atoms with Crippen molar-refractivity contribution in [2.75, 3.05) is 6.61 Å². The number of nitrogens with zero attached hydrogens (tertiary/aromatic N) is 1. The van der Waals surface area contributed by atoms with Crippen molar-refractivity contribution in [2.45, 2.75) is 13.3 Å². The first kappa shape index (κ1) is 12.8. The SMILES string of the molecule is CCCOC(=O)/C=C/c1ccc(C#N)c(O)c1. The van der Waals surface area contributed by atoms with Crippen LogP contribution in [0.1, 0.15) is 24.5 Å². The van der Waals surface area contributed by atoms with Crippen molar-refractivity contribution >= 4 is 12.0 Å². The Hall–Kier alpha value is -2.28.